The maximum Gasteiger partial charge on any atom is 0.243 e. The van der Waals surface area contributed by atoms with Gasteiger partial charge in [-0.2, -0.15) is 4.31 Å². The van der Waals surface area contributed by atoms with Crippen LogP contribution in [0.5, 0.6) is 0 Å². The number of aryl methyl sites for hydroxylation is 1. The van der Waals surface area contributed by atoms with Crippen molar-refractivity contribution in [3.63, 3.8) is 0 Å². The van der Waals surface area contributed by atoms with Crippen LogP contribution >= 0.6 is 22.9 Å². The Morgan fingerprint density at radius 1 is 1.03 bits per heavy atom. The molecule has 1 amide bonds. The van der Waals surface area contributed by atoms with E-state index in [0.717, 1.165) is 13.0 Å². The second-order valence-corrected chi connectivity index (χ2v) is 13.2. The Balaban J connectivity index is 1.24. The van der Waals surface area contributed by atoms with Crippen LogP contribution in [0.1, 0.15) is 41.0 Å². The number of carbonyl (C=O) groups excluding carboxylic acids is 1. The van der Waals surface area contributed by atoms with Crippen molar-refractivity contribution < 1.29 is 13.2 Å². The van der Waals surface area contributed by atoms with E-state index in [4.69, 9.17) is 11.6 Å². The van der Waals surface area contributed by atoms with Gasteiger partial charge >= 0.3 is 0 Å². The van der Waals surface area contributed by atoms with E-state index in [0.29, 0.717) is 31.1 Å². The van der Waals surface area contributed by atoms with E-state index in [1.54, 1.807) is 12.1 Å². The Labute approximate surface area is 228 Å². The van der Waals surface area contributed by atoms with Gasteiger partial charge in [0.25, 0.3) is 0 Å². The zero-order valence-electron chi connectivity index (χ0n) is 21.1. The van der Waals surface area contributed by atoms with Crippen molar-refractivity contribution >= 4 is 38.9 Å². The standard InChI is InChI=1S/C28H32ClN3O3S2/c1-20-5-3-4-6-24(20)28-25-13-18-36-26(25)11-14-30(28)15-12-27(33)31-16-17-32(21(2)19-31)37(34,35)23-9-7-22(29)8-10-23/h3-10,13,18,21,28H,11-12,14-17,19H2,1-2H3/t21-,28+/m1/s1. The summed E-state index contributed by atoms with van der Waals surface area (Å²) in [5, 5.41) is 2.67. The molecule has 0 bridgehead atoms. The molecular weight excluding hydrogens is 526 g/mol. The van der Waals surface area contributed by atoms with Gasteiger partial charge in [0.2, 0.25) is 15.9 Å². The van der Waals surface area contributed by atoms with E-state index >= 15 is 0 Å². The first-order valence-corrected chi connectivity index (χ1v) is 15.4. The number of rotatable bonds is 6. The first kappa shape index (κ1) is 26.4. The van der Waals surface area contributed by atoms with Gasteiger partial charge in [0.1, 0.15) is 0 Å². The zero-order chi connectivity index (χ0) is 26.2. The van der Waals surface area contributed by atoms with Crippen LogP contribution in [-0.2, 0) is 21.2 Å². The minimum atomic E-state index is -3.64. The highest BCUT2D eigenvalue weighted by Crippen LogP contribution is 2.39. The average molecular weight is 558 g/mol. The number of thiophene rings is 1. The fourth-order valence-corrected chi connectivity index (χ4v) is 8.17. The van der Waals surface area contributed by atoms with Crippen molar-refractivity contribution in [1.82, 2.24) is 14.1 Å². The number of halogens is 1. The molecule has 196 valence electrons. The summed E-state index contributed by atoms with van der Waals surface area (Å²) in [6.45, 7) is 6.68. The summed E-state index contributed by atoms with van der Waals surface area (Å²) in [6.07, 6.45) is 1.42. The third-order valence-electron chi connectivity index (χ3n) is 7.50. The quantitative estimate of drug-likeness (QED) is 0.429. The van der Waals surface area contributed by atoms with Gasteiger partial charge < -0.3 is 4.90 Å². The van der Waals surface area contributed by atoms with Gasteiger partial charge in [0.05, 0.1) is 10.9 Å². The Morgan fingerprint density at radius 3 is 2.51 bits per heavy atom. The Bertz CT molecular complexity index is 1370. The summed E-state index contributed by atoms with van der Waals surface area (Å²) in [4.78, 5) is 19.2. The van der Waals surface area contributed by atoms with E-state index in [1.807, 2.05) is 23.2 Å². The molecule has 2 aliphatic heterocycles. The highest BCUT2D eigenvalue weighted by Gasteiger charge is 2.36. The van der Waals surface area contributed by atoms with Gasteiger partial charge in [-0.15, -0.1) is 11.3 Å². The van der Waals surface area contributed by atoms with Crippen molar-refractivity contribution in [3.8, 4) is 0 Å². The van der Waals surface area contributed by atoms with E-state index in [1.165, 1.54) is 38.0 Å². The minimum Gasteiger partial charge on any atom is -0.340 e. The van der Waals surface area contributed by atoms with Gasteiger partial charge in [-0.05, 0) is 72.7 Å². The number of nitrogens with zero attached hydrogens (tertiary/aromatic N) is 3. The Hall–Kier alpha value is -2.23. The minimum absolute atomic E-state index is 0.0787. The van der Waals surface area contributed by atoms with Crippen LogP contribution in [0, 0.1) is 6.92 Å². The molecule has 2 atom stereocenters. The van der Waals surface area contributed by atoms with Crippen molar-refractivity contribution in [2.45, 2.75) is 43.7 Å². The van der Waals surface area contributed by atoms with Crippen molar-refractivity contribution in [1.29, 1.82) is 0 Å². The first-order valence-electron chi connectivity index (χ1n) is 12.7. The van der Waals surface area contributed by atoms with Crippen LogP contribution in [0.2, 0.25) is 5.02 Å². The van der Waals surface area contributed by atoms with E-state index in [9.17, 15) is 13.2 Å². The third kappa shape index (κ3) is 5.36. The summed E-state index contributed by atoms with van der Waals surface area (Å²) in [7, 11) is -3.64. The van der Waals surface area contributed by atoms with Crippen molar-refractivity contribution in [3.05, 3.63) is 86.6 Å². The molecule has 6 nitrogen and oxygen atoms in total. The highest BCUT2D eigenvalue weighted by molar-refractivity contribution is 7.89. The van der Waals surface area contributed by atoms with Crippen LogP contribution in [0.15, 0.2) is 64.9 Å². The molecule has 0 spiro atoms. The third-order valence-corrected chi connectivity index (χ3v) is 10.8. The second-order valence-electron chi connectivity index (χ2n) is 9.85. The molecular formula is C28H32ClN3O3S2. The lowest BCUT2D eigenvalue weighted by Crippen LogP contribution is -2.55. The van der Waals surface area contributed by atoms with Gasteiger partial charge in [0.15, 0.2) is 0 Å². The number of sulfonamides is 1. The van der Waals surface area contributed by atoms with Crippen LogP contribution in [0.4, 0.5) is 0 Å². The van der Waals surface area contributed by atoms with Crippen molar-refractivity contribution in [2.24, 2.45) is 0 Å². The molecule has 5 rings (SSSR count). The molecule has 0 unspecified atom stereocenters. The predicted molar refractivity (Wildman–Crippen MR) is 149 cm³/mol. The molecule has 0 saturated carbocycles. The molecule has 3 heterocycles. The molecule has 3 aromatic rings. The van der Waals surface area contributed by atoms with Crippen LogP contribution < -0.4 is 0 Å². The van der Waals surface area contributed by atoms with Gasteiger partial charge in [-0.25, -0.2) is 8.42 Å². The average Bonchev–Trinajstić information content (AvgIpc) is 3.36. The Morgan fingerprint density at radius 2 is 1.78 bits per heavy atom. The predicted octanol–water partition coefficient (Wildman–Crippen LogP) is 4.97. The fourth-order valence-electron chi connectivity index (χ4n) is 5.53. The fraction of sp³-hybridized carbons (Fsp3) is 0.393. The molecule has 0 radical (unpaired) electrons. The summed E-state index contributed by atoms with van der Waals surface area (Å²) in [5.74, 6) is 0.0787. The topological polar surface area (TPSA) is 60.9 Å². The summed E-state index contributed by atoms with van der Waals surface area (Å²) in [6, 6.07) is 16.8. The number of hydrogen-bond acceptors (Lipinski definition) is 5. The number of hydrogen-bond donors (Lipinski definition) is 0. The SMILES string of the molecule is Cc1ccccc1[C@H]1c2ccsc2CCN1CCC(=O)N1CCN(S(=O)(=O)c2ccc(Cl)cc2)[C@H](C)C1. The van der Waals surface area contributed by atoms with Gasteiger partial charge in [-0.1, -0.05) is 35.9 Å². The molecule has 1 aromatic heterocycles. The van der Waals surface area contributed by atoms with Crippen molar-refractivity contribution in [2.75, 3.05) is 32.7 Å². The van der Waals surface area contributed by atoms with Crippen LogP contribution in [0.3, 0.4) is 0 Å². The number of carbonyl (C=O) groups is 1. The van der Waals surface area contributed by atoms with Gasteiger partial charge in [-0.3, -0.25) is 9.69 Å². The van der Waals surface area contributed by atoms with Crippen LogP contribution in [-0.4, -0.2) is 67.2 Å². The number of piperazine rings is 1. The Kier molecular flexibility index (Phi) is 7.75. The van der Waals surface area contributed by atoms with Gasteiger partial charge in [0, 0.05) is 55.1 Å². The second kappa shape index (κ2) is 10.9. The summed E-state index contributed by atoms with van der Waals surface area (Å²) < 4.78 is 27.8. The molecule has 2 aliphatic rings. The molecule has 1 saturated heterocycles. The lowest BCUT2D eigenvalue weighted by Gasteiger charge is -2.40. The van der Waals surface area contributed by atoms with E-state index < -0.39 is 10.0 Å². The molecule has 9 heteroatoms. The summed E-state index contributed by atoms with van der Waals surface area (Å²) >= 11 is 7.75. The first-order chi connectivity index (χ1) is 17.8. The molecule has 37 heavy (non-hydrogen) atoms. The maximum atomic E-state index is 13.3. The molecule has 0 aliphatic carbocycles. The lowest BCUT2D eigenvalue weighted by molar-refractivity contribution is -0.133. The molecule has 0 N–H and O–H groups in total. The number of fused-ring (bicyclic) bond motifs is 1. The largest absolute Gasteiger partial charge is 0.340 e. The summed E-state index contributed by atoms with van der Waals surface area (Å²) in [5.41, 5.74) is 3.91. The van der Waals surface area contributed by atoms with Crippen LogP contribution in [0.25, 0.3) is 0 Å². The monoisotopic (exact) mass is 557 g/mol. The maximum absolute atomic E-state index is 13.3. The molecule has 2 aromatic carbocycles. The number of amides is 1. The highest BCUT2D eigenvalue weighted by atomic mass is 35.5. The smallest absolute Gasteiger partial charge is 0.243 e. The van der Waals surface area contributed by atoms with E-state index in [2.05, 4.69) is 47.5 Å². The zero-order valence-corrected chi connectivity index (χ0v) is 23.5. The normalized spacial score (nSPS) is 21.1. The van der Waals surface area contributed by atoms with E-state index in [-0.39, 0.29) is 29.4 Å². The lowest BCUT2D eigenvalue weighted by atomic mass is 9.90. The molecule has 1 fully saturated rings. The number of benzene rings is 2.